The van der Waals surface area contributed by atoms with E-state index in [1.165, 1.54) is 24.8 Å². The number of hydrogen-bond donors (Lipinski definition) is 1. The van der Waals surface area contributed by atoms with Crippen molar-refractivity contribution in [2.24, 2.45) is 0 Å². The molecule has 1 aliphatic heterocycles. The Morgan fingerprint density at radius 1 is 1.28 bits per heavy atom. The fourth-order valence-corrected chi connectivity index (χ4v) is 2.45. The van der Waals surface area contributed by atoms with Crippen molar-refractivity contribution in [1.29, 1.82) is 0 Å². The van der Waals surface area contributed by atoms with Gasteiger partial charge in [-0.15, -0.1) is 0 Å². The average molecular weight is 249 g/mol. The van der Waals surface area contributed by atoms with Crippen molar-refractivity contribution in [1.82, 2.24) is 5.32 Å². The summed E-state index contributed by atoms with van der Waals surface area (Å²) < 4.78 is 11.4. The maximum Gasteiger partial charge on any atom is 0.166 e. The lowest BCUT2D eigenvalue weighted by Gasteiger charge is -2.27. The Morgan fingerprint density at radius 2 is 2.11 bits per heavy atom. The van der Waals surface area contributed by atoms with Gasteiger partial charge in [-0.1, -0.05) is 18.6 Å². The first-order valence-corrected chi connectivity index (χ1v) is 6.79. The van der Waals surface area contributed by atoms with Crippen molar-refractivity contribution < 1.29 is 9.47 Å². The van der Waals surface area contributed by atoms with Gasteiger partial charge in [-0.25, -0.2) is 0 Å². The van der Waals surface area contributed by atoms with Gasteiger partial charge in [0.1, 0.15) is 0 Å². The Balaban J connectivity index is 2.31. The predicted octanol–water partition coefficient (Wildman–Crippen LogP) is 3.30. The largest absolute Gasteiger partial charge is 0.493 e. The molecule has 0 amide bonds. The van der Waals surface area contributed by atoms with Crippen LogP contribution >= 0.6 is 0 Å². The fourth-order valence-electron chi connectivity index (χ4n) is 2.45. The van der Waals surface area contributed by atoms with Crippen LogP contribution in [0.1, 0.15) is 44.7 Å². The number of benzene rings is 1. The lowest BCUT2D eigenvalue weighted by atomic mass is 9.96. The van der Waals surface area contributed by atoms with Crippen LogP contribution in [0.3, 0.4) is 0 Å². The summed E-state index contributed by atoms with van der Waals surface area (Å²) in [4.78, 5) is 0. The van der Waals surface area contributed by atoms with E-state index < -0.39 is 0 Å². The average Bonchev–Trinajstić information content (AvgIpc) is 2.39. The van der Waals surface area contributed by atoms with E-state index in [9.17, 15) is 0 Å². The van der Waals surface area contributed by atoms with E-state index >= 15 is 0 Å². The Bertz CT molecular complexity index is 384. The van der Waals surface area contributed by atoms with Crippen molar-refractivity contribution in [3.05, 3.63) is 23.8 Å². The number of methoxy groups -OCH3 is 1. The molecule has 1 heterocycles. The zero-order valence-corrected chi connectivity index (χ0v) is 11.5. The molecule has 1 aromatic rings. The van der Waals surface area contributed by atoms with E-state index in [2.05, 4.69) is 11.4 Å². The highest BCUT2D eigenvalue weighted by Crippen LogP contribution is 2.38. The molecule has 1 N–H and O–H groups in total. The van der Waals surface area contributed by atoms with Gasteiger partial charge in [0, 0.05) is 11.6 Å². The monoisotopic (exact) mass is 249 g/mol. The molecule has 1 saturated heterocycles. The summed E-state index contributed by atoms with van der Waals surface area (Å²) >= 11 is 0. The Morgan fingerprint density at radius 3 is 2.72 bits per heavy atom. The van der Waals surface area contributed by atoms with Crippen LogP contribution in [0.15, 0.2) is 18.2 Å². The molecular weight excluding hydrogens is 226 g/mol. The molecule has 0 saturated carbocycles. The molecule has 0 bridgehead atoms. The second-order valence-corrected chi connectivity index (χ2v) is 5.05. The smallest absolute Gasteiger partial charge is 0.166 e. The van der Waals surface area contributed by atoms with Crippen LogP contribution in [-0.2, 0) is 0 Å². The first kappa shape index (κ1) is 13.2. The fraction of sp³-hybridized carbons (Fsp3) is 0.600. The van der Waals surface area contributed by atoms with E-state index in [1.807, 2.05) is 26.0 Å². The van der Waals surface area contributed by atoms with Crippen LogP contribution in [0.5, 0.6) is 11.5 Å². The second kappa shape index (κ2) is 6.10. The van der Waals surface area contributed by atoms with Crippen LogP contribution in [-0.4, -0.2) is 19.8 Å². The molecule has 0 aromatic heterocycles. The minimum Gasteiger partial charge on any atom is -0.493 e. The number of ether oxygens (including phenoxy) is 2. The topological polar surface area (TPSA) is 30.5 Å². The number of hydrogen-bond acceptors (Lipinski definition) is 3. The van der Waals surface area contributed by atoms with Gasteiger partial charge in [0.05, 0.1) is 13.2 Å². The van der Waals surface area contributed by atoms with E-state index in [1.54, 1.807) is 7.11 Å². The van der Waals surface area contributed by atoms with Crippen LogP contribution < -0.4 is 14.8 Å². The third-order valence-electron chi connectivity index (χ3n) is 3.27. The molecular formula is C15H23NO2. The van der Waals surface area contributed by atoms with E-state index in [0.29, 0.717) is 6.04 Å². The molecule has 0 aliphatic carbocycles. The lowest BCUT2D eigenvalue weighted by molar-refractivity contribution is 0.223. The third-order valence-corrected chi connectivity index (χ3v) is 3.27. The summed E-state index contributed by atoms with van der Waals surface area (Å²) in [7, 11) is 1.70. The molecule has 3 heteroatoms. The quantitative estimate of drug-likeness (QED) is 0.888. The van der Waals surface area contributed by atoms with Crippen molar-refractivity contribution in [2.75, 3.05) is 13.7 Å². The molecule has 2 rings (SSSR count). The minimum atomic E-state index is 0.156. The molecule has 1 atom stereocenters. The molecule has 3 nitrogen and oxygen atoms in total. The Kier molecular flexibility index (Phi) is 4.48. The third kappa shape index (κ3) is 2.96. The molecule has 0 spiro atoms. The maximum absolute atomic E-state index is 5.96. The van der Waals surface area contributed by atoms with Crippen LogP contribution in [0.4, 0.5) is 0 Å². The van der Waals surface area contributed by atoms with Gasteiger partial charge in [-0.2, -0.15) is 0 Å². The van der Waals surface area contributed by atoms with Gasteiger partial charge >= 0.3 is 0 Å². The predicted molar refractivity (Wildman–Crippen MR) is 73.4 cm³/mol. The van der Waals surface area contributed by atoms with Crippen LogP contribution in [0, 0.1) is 0 Å². The highest BCUT2D eigenvalue weighted by atomic mass is 16.5. The van der Waals surface area contributed by atoms with Crippen molar-refractivity contribution >= 4 is 0 Å². The Hall–Kier alpha value is -1.22. The Labute approximate surface area is 109 Å². The van der Waals surface area contributed by atoms with Crippen LogP contribution in [0.25, 0.3) is 0 Å². The lowest BCUT2D eigenvalue weighted by Crippen LogP contribution is -2.27. The number of piperidine rings is 1. The molecule has 1 aliphatic rings. The summed E-state index contributed by atoms with van der Waals surface area (Å²) in [6.45, 7) is 5.18. The summed E-state index contributed by atoms with van der Waals surface area (Å²) in [5.41, 5.74) is 1.22. The minimum absolute atomic E-state index is 0.156. The standard InChI is InChI=1S/C15H23NO2/c1-11(2)18-15-12(7-6-9-14(15)17-3)13-8-4-5-10-16-13/h6-7,9,11,13,16H,4-5,8,10H2,1-3H3. The first-order chi connectivity index (χ1) is 8.72. The summed E-state index contributed by atoms with van der Waals surface area (Å²) in [5, 5.41) is 3.56. The molecule has 100 valence electrons. The van der Waals surface area contributed by atoms with Crippen molar-refractivity contribution in [2.45, 2.75) is 45.3 Å². The number of nitrogens with one attached hydrogen (secondary N) is 1. The number of para-hydroxylation sites is 1. The zero-order valence-electron chi connectivity index (χ0n) is 11.5. The molecule has 18 heavy (non-hydrogen) atoms. The molecule has 1 aromatic carbocycles. The SMILES string of the molecule is COc1cccc(C2CCCCN2)c1OC(C)C. The van der Waals surface area contributed by atoms with Gasteiger partial charge in [0.25, 0.3) is 0 Å². The summed E-state index contributed by atoms with van der Waals surface area (Å²) in [5.74, 6) is 1.72. The van der Waals surface area contributed by atoms with E-state index in [-0.39, 0.29) is 6.10 Å². The highest BCUT2D eigenvalue weighted by molar-refractivity contribution is 5.48. The maximum atomic E-state index is 5.96. The normalized spacial score (nSPS) is 19.9. The molecule has 1 fully saturated rings. The zero-order chi connectivity index (χ0) is 13.0. The van der Waals surface area contributed by atoms with E-state index in [4.69, 9.17) is 9.47 Å². The van der Waals surface area contributed by atoms with Gasteiger partial charge in [0.15, 0.2) is 11.5 Å². The summed E-state index contributed by atoms with van der Waals surface area (Å²) in [6.07, 6.45) is 3.86. The van der Waals surface area contributed by atoms with Crippen molar-refractivity contribution in [3.63, 3.8) is 0 Å². The van der Waals surface area contributed by atoms with Crippen molar-refractivity contribution in [3.8, 4) is 11.5 Å². The number of rotatable bonds is 4. The summed E-state index contributed by atoms with van der Waals surface area (Å²) in [6, 6.07) is 6.54. The van der Waals surface area contributed by atoms with Crippen LogP contribution in [0.2, 0.25) is 0 Å². The van der Waals surface area contributed by atoms with Gasteiger partial charge < -0.3 is 14.8 Å². The highest BCUT2D eigenvalue weighted by Gasteiger charge is 2.21. The molecule has 1 unspecified atom stereocenters. The van der Waals surface area contributed by atoms with Gasteiger partial charge in [-0.05, 0) is 39.3 Å². The van der Waals surface area contributed by atoms with Gasteiger partial charge in [0.2, 0.25) is 0 Å². The van der Waals surface area contributed by atoms with E-state index in [0.717, 1.165) is 18.0 Å². The molecule has 0 radical (unpaired) electrons. The van der Waals surface area contributed by atoms with Gasteiger partial charge in [-0.3, -0.25) is 0 Å². The first-order valence-electron chi connectivity index (χ1n) is 6.79. The second-order valence-electron chi connectivity index (χ2n) is 5.05.